The van der Waals surface area contributed by atoms with Crippen LogP contribution in [0.25, 0.3) is 10.9 Å². The van der Waals surface area contributed by atoms with E-state index in [9.17, 15) is 4.79 Å². The lowest BCUT2D eigenvalue weighted by Crippen LogP contribution is -2.38. The molecule has 1 N–H and O–H groups in total. The molecule has 1 aromatic carbocycles. The van der Waals surface area contributed by atoms with Gasteiger partial charge in [-0.05, 0) is 31.4 Å². The highest BCUT2D eigenvalue weighted by molar-refractivity contribution is 5.88. The molecule has 2 aromatic heterocycles. The number of hydrogen-bond donors (Lipinski definition) is 1. The summed E-state index contributed by atoms with van der Waals surface area (Å²) in [5.41, 5.74) is 2.94. The maximum atomic E-state index is 13.6. The second-order valence-corrected chi connectivity index (χ2v) is 9.56. The van der Waals surface area contributed by atoms with E-state index >= 15 is 0 Å². The van der Waals surface area contributed by atoms with E-state index < -0.39 is 0 Å². The standard InChI is InChI=1S/C25H30N6O2/c1-18-14-22(29-10-12-33-13-11-29)28-24(27-18)31-9-7-25(17-31)6-8-30(23(25)32)16-19-15-26-21-5-3-2-4-20(19)21/h2-5,14-15,26H,6-13,16-17H2,1H3. The molecule has 0 aliphatic carbocycles. The smallest absolute Gasteiger partial charge is 0.231 e. The molecular weight excluding hydrogens is 416 g/mol. The van der Waals surface area contributed by atoms with E-state index in [1.54, 1.807) is 0 Å². The van der Waals surface area contributed by atoms with Crippen LogP contribution < -0.4 is 9.80 Å². The Morgan fingerprint density at radius 3 is 2.76 bits per heavy atom. The van der Waals surface area contributed by atoms with Crippen molar-refractivity contribution in [3.8, 4) is 0 Å². The van der Waals surface area contributed by atoms with E-state index in [4.69, 9.17) is 14.7 Å². The number of benzene rings is 1. The number of morpholine rings is 1. The summed E-state index contributed by atoms with van der Waals surface area (Å²) in [5, 5.41) is 1.20. The molecule has 3 saturated heterocycles. The minimum Gasteiger partial charge on any atom is -0.378 e. The van der Waals surface area contributed by atoms with Crippen LogP contribution in [-0.2, 0) is 16.1 Å². The van der Waals surface area contributed by atoms with Crippen molar-refractivity contribution in [1.29, 1.82) is 0 Å². The van der Waals surface area contributed by atoms with E-state index in [0.29, 0.717) is 13.1 Å². The van der Waals surface area contributed by atoms with Crippen molar-refractivity contribution in [2.75, 3.05) is 55.7 Å². The predicted molar refractivity (Wildman–Crippen MR) is 127 cm³/mol. The Labute approximate surface area is 193 Å². The zero-order valence-corrected chi connectivity index (χ0v) is 19.1. The summed E-state index contributed by atoms with van der Waals surface area (Å²) in [6, 6.07) is 10.3. The number of rotatable bonds is 4. The van der Waals surface area contributed by atoms with E-state index in [0.717, 1.165) is 75.2 Å². The number of likely N-dealkylation sites (tertiary alicyclic amines) is 1. The number of hydrogen-bond acceptors (Lipinski definition) is 6. The molecule has 0 saturated carbocycles. The van der Waals surface area contributed by atoms with Crippen LogP contribution in [0, 0.1) is 12.3 Å². The summed E-state index contributed by atoms with van der Waals surface area (Å²) in [6.07, 6.45) is 3.80. The lowest BCUT2D eigenvalue weighted by molar-refractivity contribution is -0.135. The average molecular weight is 447 g/mol. The Balaban J connectivity index is 1.19. The predicted octanol–water partition coefficient (Wildman–Crippen LogP) is 2.73. The maximum Gasteiger partial charge on any atom is 0.231 e. The zero-order chi connectivity index (χ0) is 22.4. The van der Waals surface area contributed by atoms with Gasteiger partial charge in [-0.2, -0.15) is 4.98 Å². The summed E-state index contributed by atoms with van der Waals surface area (Å²) >= 11 is 0. The molecule has 5 heterocycles. The largest absolute Gasteiger partial charge is 0.378 e. The van der Waals surface area contributed by atoms with Crippen LogP contribution in [0.15, 0.2) is 36.5 Å². The molecule has 3 fully saturated rings. The van der Waals surface area contributed by atoms with Gasteiger partial charge in [0.15, 0.2) is 0 Å². The van der Waals surface area contributed by atoms with E-state index in [-0.39, 0.29) is 11.3 Å². The van der Waals surface area contributed by atoms with Crippen LogP contribution in [0.5, 0.6) is 0 Å². The van der Waals surface area contributed by atoms with Gasteiger partial charge in [0.25, 0.3) is 0 Å². The first-order chi connectivity index (χ1) is 16.1. The molecule has 1 spiro atoms. The van der Waals surface area contributed by atoms with Crippen LogP contribution in [0.1, 0.15) is 24.1 Å². The highest BCUT2D eigenvalue weighted by atomic mass is 16.5. The van der Waals surface area contributed by atoms with Gasteiger partial charge in [0.05, 0.1) is 18.6 Å². The first-order valence-corrected chi connectivity index (χ1v) is 11.9. The monoisotopic (exact) mass is 446 g/mol. The fraction of sp³-hybridized carbons (Fsp3) is 0.480. The fourth-order valence-corrected chi connectivity index (χ4v) is 5.57. The van der Waals surface area contributed by atoms with Gasteiger partial charge in [0, 0.05) is 68.1 Å². The maximum absolute atomic E-state index is 13.6. The van der Waals surface area contributed by atoms with Crippen LogP contribution in [0.2, 0.25) is 0 Å². The quantitative estimate of drug-likeness (QED) is 0.664. The second kappa shape index (κ2) is 8.02. The lowest BCUT2D eigenvalue weighted by Gasteiger charge is -2.29. The Morgan fingerprint density at radius 1 is 1.06 bits per heavy atom. The molecule has 3 aromatic rings. The Morgan fingerprint density at radius 2 is 1.88 bits per heavy atom. The number of aryl methyl sites for hydroxylation is 1. The van der Waals surface area contributed by atoms with Crippen molar-refractivity contribution in [3.63, 3.8) is 0 Å². The first-order valence-electron chi connectivity index (χ1n) is 11.9. The molecule has 0 bridgehead atoms. The van der Waals surface area contributed by atoms with Crippen molar-refractivity contribution in [1.82, 2.24) is 19.9 Å². The number of aromatic amines is 1. The topological polar surface area (TPSA) is 77.6 Å². The Hall–Kier alpha value is -3.13. The van der Waals surface area contributed by atoms with E-state index in [1.165, 1.54) is 10.9 Å². The van der Waals surface area contributed by atoms with Crippen LogP contribution in [-0.4, -0.2) is 71.7 Å². The third-order valence-corrected chi connectivity index (χ3v) is 7.44. The number of H-pyrrole nitrogens is 1. The number of para-hydroxylation sites is 1. The molecule has 1 unspecified atom stereocenters. The van der Waals surface area contributed by atoms with Crippen molar-refractivity contribution in [2.24, 2.45) is 5.41 Å². The number of anilines is 2. The van der Waals surface area contributed by atoms with Gasteiger partial charge in [-0.25, -0.2) is 4.98 Å². The van der Waals surface area contributed by atoms with Crippen molar-refractivity contribution in [2.45, 2.75) is 26.3 Å². The molecule has 8 heteroatoms. The van der Waals surface area contributed by atoms with Gasteiger partial charge in [-0.15, -0.1) is 0 Å². The number of carbonyl (C=O) groups is 1. The Bertz CT molecular complexity index is 1190. The van der Waals surface area contributed by atoms with Gasteiger partial charge in [0.1, 0.15) is 5.82 Å². The van der Waals surface area contributed by atoms with Crippen LogP contribution >= 0.6 is 0 Å². The van der Waals surface area contributed by atoms with E-state index in [2.05, 4.69) is 33.0 Å². The zero-order valence-electron chi connectivity index (χ0n) is 19.1. The van der Waals surface area contributed by atoms with Gasteiger partial charge < -0.3 is 24.4 Å². The van der Waals surface area contributed by atoms with Crippen LogP contribution in [0.4, 0.5) is 11.8 Å². The molecule has 3 aliphatic heterocycles. The van der Waals surface area contributed by atoms with Crippen molar-refractivity contribution < 1.29 is 9.53 Å². The Kier molecular flexibility index (Phi) is 4.98. The summed E-state index contributed by atoms with van der Waals surface area (Å²) in [7, 11) is 0. The number of amides is 1. The average Bonchev–Trinajstić information content (AvgIpc) is 3.54. The lowest BCUT2D eigenvalue weighted by atomic mass is 9.85. The molecular formula is C25H30N6O2. The molecule has 1 atom stereocenters. The van der Waals surface area contributed by atoms with Gasteiger partial charge in [-0.3, -0.25) is 4.79 Å². The molecule has 33 heavy (non-hydrogen) atoms. The van der Waals surface area contributed by atoms with Crippen molar-refractivity contribution in [3.05, 3.63) is 47.8 Å². The minimum atomic E-state index is -0.321. The number of fused-ring (bicyclic) bond motifs is 1. The van der Waals surface area contributed by atoms with Gasteiger partial charge >= 0.3 is 0 Å². The number of nitrogens with one attached hydrogen (secondary N) is 1. The van der Waals surface area contributed by atoms with Gasteiger partial charge in [-0.1, -0.05) is 18.2 Å². The number of nitrogens with zero attached hydrogens (tertiary/aromatic N) is 5. The molecule has 8 nitrogen and oxygen atoms in total. The van der Waals surface area contributed by atoms with Crippen molar-refractivity contribution >= 4 is 28.6 Å². The van der Waals surface area contributed by atoms with Crippen LogP contribution in [0.3, 0.4) is 0 Å². The molecule has 172 valence electrons. The summed E-state index contributed by atoms with van der Waals surface area (Å²) in [4.78, 5) is 33.0. The fourth-order valence-electron chi connectivity index (χ4n) is 5.57. The minimum absolute atomic E-state index is 0.274. The van der Waals surface area contributed by atoms with E-state index in [1.807, 2.05) is 30.2 Å². The number of carbonyl (C=O) groups excluding carboxylic acids is 1. The third-order valence-electron chi connectivity index (χ3n) is 7.44. The molecule has 6 rings (SSSR count). The summed E-state index contributed by atoms with van der Waals surface area (Å²) in [6.45, 7) is 8.15. The summed E-state index contributed by atoms with van der Waals surface area (Å²) < 4.78 is 5.49. The first kappa shape index (κ1) is 20.5. The normalized spacial score (nSPS) is 23.4. The molecule has 0 radical (unpaired) electrons. The highest BCUT2D eigenvalue weighted by Crippen LogP contribution is 2.42. The third kappa shape index (κ3) is 3.62. The second-order valence-electron chi connectivity index (χ2n) is 9.56. The molecule has 3 aliphatic rings. The van der Waals surface area contributed by atoms with Gasteiger partial charge in [0.2, 0.25) is 11.9 Å². The highest BCUT2D eigenvalue weighted by Gasteiger charge is 2.51. The molecule has 1 amide bonds. The number of ether oxygens (including phenoxy) is 1. The SMILES string of the molecule is Cc1cc(N2CCOCC2)nc(N2CCC3(CCN(Cc4c[nH]c5ccccc45)C3=O)C2)n1. The summed E-state index contributed by atoms with van der Waals surface area (Å²) in [5.74, 6) is 1.98. The number of aromatic nitrogens is 3.